The first-order chi connectivity index (χ1) is 11.2. The molecule has 2 aliphatic carbocycles. The number of urea groups is 1. The van der Waals surface area contributed by atoms with Crippen molar-refractivity contribution in [2.45, 2.75) is 96.7 Å². The van der Waals surface area contributed by atoms with Gasteiger partial charge < -0.3 is 0 Å². The second-order valence-corrected chi connectivity index (χ2v) is 6.61. The van der Waals surface area contributed by atoms with Gasteiger partial charge in [0, 0.05) is 5.71 Å². The molecule has 0 bridgehead atoms. The summed E-state index contributed by atoms with van der Waals surface area (Å²) in [4.78, 5) is 23.7. The Hall–Kier alpha value is -1.14. The summed E-state index contributed by atoms with van der Waals surface area (Å²) >= 11 is 0. The van der Waals surface area contributed by atoms with Gasteiger partial charge >= 0.3 is 6.03 Å². The maximum atomic E-state index is 12.4. The molecule has 2 saturated carbocycles. The van der Waals surface area contributed by atoms with Gasteiger partial charge in [0.25, 0.3) is 0 Å². The molecule has 2 rings (SSSR count). The normalized spacial score (nSPS) is 21.2. The molecule has 2 fully saturated rings. The predicted molar refractivity (Wildman–Crippen MR) is 89.7 cm³/mol. The summed E-state index contributed by atoms with van der Waals surface area (Å²) in [5, 5.41) is 5.38. The van der Waals surface area contributed by atoms with Crippen molar-refractivity contribution < 1.29 is 14.5 Å². The van der Waals surface area contributed by atoms with Gasteiger partial charge in [0.05, 0.1) is 12.2 Å². The highest BCUT2D eigenvalue weighted by molar-refractivity contribution is 5.83. The van der Waals surface area contributed by atoms with Crippen molar-refractivity contribution in [1.29, 1.82) is 0 Å². The van der Waals surface area contributed by atoms with Crippen LogP contribution in [0.2, 0.25) is 0 Å². The lowest BCUT2D eigenvalue weighted by Gasteiger charge is -2.27. The summed E-state index contributed by atoms with van der Waals surface area (Å²) in [5.74, 6) is 0. The second kappa shape index (κ2) is 9.88. The maximum Gasteiger partial charge on any atom is 0.387 e. The van der Waals surface area contributed by atoms with E-state index in [0.29, 0.717) is 0 Å². The van der Waals surface area contributed by atoms with Crippen molar-refractivity contribution >= 4 is 11.7 Å². The summed E-state index contributed by atoms with van der Waals surface area (Å²) in [6.07, 6.45) is 12.0. The van der Waals surface area contributed by atoms with Crippen molar-refractivity contribution in [3.05, 3.63) is 0 Å². The molecule has 0 aliphatic heterocycles. The van der Waals surface area contributed by atoms with Gasteiger partial charge in [0.15, 0.2) is 0 Å². The molecule has 0 aromatic rings. The van der Waals surface area contributed by atoms with Crippen LogP contribution in [-0.2, 0) is 9.68 Å². The van der Waals surface area contributed by atoms with Crippen molar-refractivity contribution in [2.24, 2.45) is 5.10 Å². The molecule has 132 valence electrons. The van der Waals surface area contributed by atoms with Crippen molar-refractivity contribution in [1.82, 2.24) is 10.7 Å². The van der Waals surface area contributed by atoms with Crippen LogP contribution in [0.5, 0.6) is 0 Å². The zero-order valence-corrected chi connectivity index (χ0v) is 14.6. The molecule has 0 atom stereocenters. The monoisotopic (exact) mass is 325 g/mol. The third-order valence-corrected chi connectivity index (χ3v) is 4.61. The van der Waals surface area contributed by atoms with Gasteiger partial charge in [-0.3, -0.25) is 4.84 Å². The molecule has 0 spiro atoms. The molecule has 2 amide bonds. The average Bonchev–Trinajstić information content (AvgIpc) is 2.60. The Balaban J connectivity index is 1.87. The maximum absolute atomic E-state index is 12.4. The number of hydrogen-bond donors (Lipinski definition) is 1. The molecule has 0 saturated heterocycles. The topological polar surface area (TPSA) is 63.2 Å². The summed E-state index contributed by atoms with van der Waals surface area (Å²) < 4.78 is 0. The molecule has 23 heavy (non-hydrogen) atoms. The van der Waals surface area contributed by atoms with Gasteiger partial charge in [-0.1, -0.05) is 50.6 Å². The fourth-order valence-corrected chi connectivity index (χ4v) is 3.01. The molecule has 6 heteroatoms. The number of amides is 2. The molecule has 0 radical (unpaired) electrons. The first-order valence-corrected chi connectivity index (χ1v) is 9.15. The van der Waals surface area contributed by atoms with E-state index >= 15 is 0 Å². The number of hydrogen-bond acceptors (Lipinski definition) is 4. The fraction of sp³-hybridized carbons (Fsp3) is 0.882. The van der Waals surface area contributed by atoms with E-state index in [1.54, 1.807) is 0 Å². The SMILES string of the molecule is CCC(C)=NN(OC1CCCCC1)C(=O)NOC1CCCCC1. The molecule has 0 heterocycles. The molecule has 0 unspecified atom stereocenters. The highest BCUT2D eigenvalue weighted by Gasteiger charge is 2.23. The Morgan fingerprint density at radius 3 is 2.17 bits per heavy atom. The lowest BCUT2D eigenvalue weighted by molar-refractivity contribution is -0.177. The van der Waals surface area contributed by atoms with Crippen LogP contribution in [0.1, 0.15) is 84.5 Å². The van der Waals surface area contributed by atoms with Gasteiger partial charge in [0.1, 0.15) is 0 Å². The second-order valence-electron chi connectivity index (χ2n) is 6.61. The van der Waals surface area contributed by atoms with Crippen LogP contribution in [0.25, 0.3) is 0 Å². The zero-order valence-electron chi connectivity index (χ0n) is 14.6. The molecular weight excluding hydrogens is 294 g/mol. The van der Waals surface area contributed by atoms with Crippen molar-refractivity contribution in [3.63, 3.8) is 0 Å². The standard InChI is InChI=1S/C17H31N3O3/c1-3-14(2)18-20(23-16-12-8-5-9-13-16)17(21)19-22-15-10-6-4-7-11-15/h15-16H,3-13H2,1-2H3,(H,19,21). The van der Waals surface area contributed by atoms with Gasteiger partial charge in [-0.2, -0.15) is 5.10 Å². The van der Waals surface area contributed by atoms with Gasteiger partial charge in [-0.05, 0) is 39.0 Å². The quantitative estimate of drug-likeness (QED) is 0.584. The summed E-state index contributed by atoms with van der Waals surface area (Å²) in [6.45, 7) is 3.90. The molecule has 2 aliphatic rings. The number of hydrazone groups is 1. The van der Waals surface area contributed by atoms with E-state index in [0.717, 1.165) is 68.7 Å². The Morgan fingerprint density at radius 1 is 1.04 bits per heavy atom. The smallest absolute Gasteiger partial charge is 0.269 e. The number of hydroxylamine groups is 2. The van der Waals surface area contributed by atoms with Crippen LogP contribution in [0.4, 0.5) is 4.79 Å². The summed E-state index contributed by atoms with van der Waals surface area (Å²) in [5.41, 5.74) is 3.38. The minimum Gasteiger partial charge on any atom is -0.269 e. The Bertz CT molecular complexity index is 389. The van der Waals surface area contributed by atoms with Crippen LogP contribution in [-0.4, -0.2) is 29.1 Å². The highest BCUT2D eigenvalue weighted by atomic mass is 16.7. The number of nitrogens with one attached hydrogen (secondary N) is 1. The van der Waals surface area contributed by atoms with Gasteiger partial charge in [-0.15, -0.1) is 0 Å². The highest BCUT2D eigenvalue weighted by Crippen LogP contribution is 2.22. The first kappa shape index (κ1) is 18.2. The molecule has 0 aromatic carbocycles. The zero-order chi connectivity index (χ0) is 16.5. The van der Waals surface area contributed by atoms with E-state index in [1.165, 1.54) is 12.8 Å². The molecule has 1 N–H and O–H groups in total. The van der Waals surface area contributed by atoms with E-state index in [-0.39, 0.29) is 12.2 Å². The van der Waals surface area contributed by atoms with Gasteiger partial charge in [0.2, 0.25) is 0 Å². The Labute approximate surface area is 139 Å². The van der Waals surface area contributed by atoms with E-state index in [9.17, 15) is 4.79 Å². The van der Waals surface area contributed by atoms with Crippen molar-refractivity contribution in [2.75, 3.05) is 0 Å². The van der Waals surface area contributed by atoms with Crippen LogP contribution >= 0.6 is 0 Å². The van der Waals surface area contributed by atoms with Crippen LogP contribution in [0.15, 0.2) is 5.10 Å². The van der Waals surface area contributed by atoms with E-state index in [2.05, 4.69) is 10.6 Å². The van der Waals surface area contributed by atoms with Crippen LogP contribution in [0.3, 0.4) is 0 Å². The number of nitrogens with zero attached hydrogens (tertiary/aromatic N) is 2. The van der Waals surface area contributed by atoms with E-state index in [1.807, 2.05) is 13.8 Å². The van der Waals surface area contributed by atoms with E-state index < -0.39 is 6.03 Å². The Kier molecular flexibility index (Phi) is 7.82. The average molecular weight is 325 g/mol. The molecule has 6 nitrogen and oxygen atoms in total. The predicted octanol–water partition coefficient (Wildman–Crippen LogP) is 4.31. The van der Waals surface area contributed by atoms with Crippen molar-refractivity contribution in [3.8, 4) is 0 Å². The van der Waals surface area contributed by atoms with Gasteiger partial charge in [-0.25, -0.2) is 15.1 Å². The largest absolute Gasteiger partial charge is 0.387 e. The fourth-order valence-electron chi connectivity index (χ4n) is 3.01. The third kappa shape index (κ3) is 6.47. The van der Waals surface area contributed by atoms with E-state index in [4.69, 9.17) is 9.68 Å². The Morgan fingerprint density at radius 2 is 1.61 bits per heavy atom. The lowest BCUT2D eigenvalue weighted by Crippen LogP contribution is -2.41. The number of carbonyl (C=O) groups excluding carboxylic acids is 1. The third-order valence-electron chi connectivity index (χ3n) is 4.61. The van der Waals surface area contributed by atoms with Crippen LogP contribution in [0, 0.1) is 0 Å². The molecule has 0 aromatic heterocycles. The summed E-state index contributed by atoms with van der Waals surface area (Å²) in [7, 11) is 0. The molecular formula is C17H31N3O3. The summed E-state index contributed by atoms with van der Waals surface area (Å²) in [6, 6.07) is -0.436. The number of carbonyl (C=O) groups is 1. The number of rotatable bonds is 6. The lowest BCUT2D eigenvalue weighted by atomic mass is 9.98. The minimum atomic E-state index is -0.436. The van der Waals surface area contributed by atoms with Crippen LogP contribution < -0.4 is 5.48 Å². The first-order valence-electron chi connectivity index (χ1n) is 9.15. The minimum absolute atomic E-state index is 0.0672.